The summed E-state index contributed by atoms with van der Waals surface area (Å²) in [5, 5.41) is 19.7. The van der Waals surface area contributed by atoms with Gasteiger partial charge in [-0.15, -0.1) is 0 Å². The SMILES string of the molecule is Cc1ccc(C#N)c(N2C[C@@H](c3cccc(O)c3)[C@@H]3[C@H]2C2CCN3CC2)n1. The summed E-state index contributed by atoms with van der Waals surface area (Å²) in [6.07, 6.45) is 2.44. The maximum absolute atomic E-state index is 10.0. The molecule has 4 fully saturated rings. The number of nitriles is 1. The minimum absolute atomic E-state index is 0.319. The van der Waals surface area contributed by atoms with Crippen molar-refractivity contribution in [2.24, 2.45) is 5.92 Å². The van der Waals surface area contributed by atoms with Crippen LogP contribution in [0.4, 0.5) is 5.82 Å². The minimum atomic E-state index is 0.319. The van der Waals surface area contributed by atoms with E-state index in [4.69, 9.17) is 4.98 Å². The van der Waals surface area contributed by atoms with Crippen molar-refractivity contribution in [2.75, 3.05) is 24.5 Å². The van der Waals surface area contributed by atoms with Crippen molar-refractivity contribution < 1.29 is 5.11 Å². The molecule has 5 heteroatoms. The van der Waals surface area contributed by atoms with Crippen LogP contribution in [-0.4, -0.2) is 46.7 Å². The molecule has 1 N–H and O–H groups in total. The van der Waals surface area contributed by atoms with Crippen LogP contribution in [0.3, 0.4) is 0 Å². The summed E-state index contributed by atoms with van der Waals surface area (Å²) < 4.78 is 0. The monoisotopic (exact) mass is 360 g/mol. The van der Waals surface area contributed by atoms with Gasteiger partial charge in [0.15, 0.2) is 0 Å². The number of nitrogens with zero attached hydrogens (tertiary/aromatic N) is 4. The number of fused-ring (bicyclic) bond motifs is 2. The van der Waals surface area contributed by atoms with E-state index in [1.54, 1.807) is 6.07 Å². The maximum atomic E-state index is 10.0. The van der Waals surface area contributed by atoms with Crippen LogP contribution in [0.5, 0.6) is 5.75 Å². The molecule has 0 unspecified atom stereocenters. The number of benzene rings is 1. The molecule has 3 atom stereocenters. The number of hydrogen-bond donors (Lipinski definition) is 1. The Balaban J connectivity index is 1.61. The van der Waals surface area contributed by atoms with Crippen molar-refractivity contribution in [1.82, 2.24) is 9.88 Å². The first-order valence-corrected chi connectivity index (χ1v) is 9.83. The molecular weight excluding hydrogens is 336 g/mol. The molecule has 5 nitrogen and oxygen atoms in total. The summed E-state index contributed by atoms with van der Waals surface area (Å²) in [5.41, 5.74) is 2.79. The molecule has 2 bridgehead atoms. The molecule has 27 heavy (non-hydrogen) atoms. The first kappa shape index (κ1) is 16.6. The zero-order valence-electron chi connectivity index (χ0n) is 15.5. The van der Waals surface area contributed by atoms with Gasteiger partial charge in [0.25, 0.3) is 0 Å². The Labute approximate surface area is 159 Å². The van der Waals surface area contributed by atoms with Crippen LogP contribution < -0.4 is 4.90 Å². The zero-order chi connectivity index (χ0) is 18.5. The number of rotatable bonds is 2. The van der Waals surface area contributed by atoms with Gasteiger partial charge in [-0.05, 0) is 68.6 Å². The molecule has 4 aliphatic heterocycles. The Bertz CT molecular complexity index is 913. The number of aromatic hydroxyl groups is 1. The zero-order valence-corrected chi connectivity index (χ0v) is 15.5. The number of phenolic OH excluding ortho intramolecular Hbond substituents is 1. The minimum Gasteiger partial charge on any atom is -0.508 e. The van der Waals surface area contributed by atoms with Gasteiger partial charge in [0, 0.05) is 30.2 Å². The maximum Gasteiger partial charge on any atom is 0.147 e. The quantitative estimate of drug-likeness (QED) is 0.892. The largest absolute Gasteiger partial charge is 0.508 e. The van der Waals surface area contributed by atoms with Crippen LogP contribution in [0.25, 0.3) is 0 Å². The summed E-state index contributed by atoms with van der Waals surface area (Å²) in [6.45, 7) is 5.14. The molecule has 0 radical (unpaired) electrons. The lowest BCUT2D eigenvalue weighted by atomic mass is 9.75. The molecule has 5 heterocycles. The summed E-state index contributed by atoms with van der Waals surface area (Å²) in [4.78, 5) is 9.81. The topological polar surface area (TPSA) is 63.4 Å². The van der Waals surface area contributed by atoms with Crippen LogP contribution in [0.15, 0.2) is 36.4 Å². The molecule has 1 aromatic heterocycles. The number of aryl methyl sites for hydroxylation is 1. The Kier molecular flexibility index (Phi) is 3.84. The molecule has 0 aliphatic carbocycles. The Hall–Kier alpha value is -2.58. The molecule has 138 valence electrons. The molecule has 0 spiro atoms. The molecule has 2 aromatic rings. The average Bonchev–Trinajstić information content (AvgIpc) is 3.12. The van der Waals surface area contributed by atoms with E-state index in [9.17, 15) is 10.4 Å². The highest BCUT2D eigenvalue weighted by Gasteiger charge is 2.54. The normalized spacial score (nSPS) is 31.6. The Morgan fingerprint density at radius 2 is 1.96 bits per heavy atom. The van der Waals surface area contributed by atoms with Crippen molar-refractivity contribution >= 4 is 5.82 Å². The van der Waals surface area contributed by atoms with Gasteiger partial charge in [0.2, 0.25) is 0 Å². The van der Waals surface area contributed by atoms with Crippen LogP contribution in [0.1, 0.15) is 35.6 Å². The second-order valence-corrected chi connectivity index (χ2v) is 8.14. The van der Waals surface area contributed by atoms with Crippen molar-refractivity contribution in [3.05, 3.63) is 53.2 Å². The first-order valence-electron chi connectivity index (χ1n) is 9.83. The predicted octanol–water partition coefficient (Wildman–Crippen LogP) is 3.03. The van der Waals surface area contributed by atoms with Gasteiger partial charge < -0.3 is 10.0 Å². The molecule has 0 amide bonds. The van der Waals surface area contributed by atoms with Crippen molar-refractivity contribution in [3.8, 4) is 11.8 Å². The second kappa shape index (κ2) is 6.24. The summed E-state index contributed by atoms with van der Waals surface area (Å²) in [6, 6.07) is 14.7. The molecule has 4 saturated heterocycles. The van der Waals surface area contributed by atoms with Gasteiger partial charge in [0.05, 0.1) is 5.56 Å². The highest BCUT2D eigenvalue weighted by atomic mass is 16.3. The van der Waals surface area contributed by atoms with Gasteiger partial charge in [0.1, 0.15) is 17.6 Å². The second-order valence-electron chi connectivity index (χ2n) is 8.14. The van der Waals surface area contributed by atoms with Crippen molar-refractivity contribution in [3.63, 3.8) is 0 Å². The third-order valence-corrected chi connectivity index (χ3v) is 6.70. The number of anilines is 1. The number of piperidine rings is 3. The number of aromatic nitrogens is 1. The van der Waals surface area contributed by atoms with Crippen LogP contribution in [0.2, 0.25) is 0 Å². The lowest BCUT2D eigenvalue weighted by Crippen LogP contribution is -2.60. The van der Waals surface area contributed by atoms with Gasteiger partial charge in [-0.2, -0.15) is 5.26 Å². The van der Waals surface area contributed by atoms with Crippen molar-refractivity contribution in [2.45, 2.75) is 37.8 Å². The summed E-state index contributed by atoms with van der Waals surface area (Å²) in [7, 11) is 0. The third kappa shape index (κ3) is 2.59. The fourth-order valence-corrected chi connectivity index (χ4v) is 5.56. The van der Waals surface area contributed by atoms with Crippen molar-refractivity contribution in [1.29, 1.82) is 5.26 Å². The first-order chi connectivity index (χ1) is 13.2. The van der Waals surface area contributed by atoms with Crippen LogP contribution >= 0.6 is 0 Å². The molecule has 6 rings (SSSR count). The van der Waals surface area contributed by atoms with Gasteiger partial charge >= 0.3 is 0 Å². The van der Waals surface area contributed by atoms with E-state index in [1.807, 2.05) is 31.2 Å². The molecule has 4 aliphatic rings. The molecule has 1 aromatic carbocycles. The molecular formula is C22H24N4O. The molecule has 0 saturated carbocycles. The van der Waals surface area contributed by atoms with E-state index < -0.39 is 0 Å². The van der Waals surface area contributed by atoms with E-state index in [-0.39, 0.29) is 0 Å². The number of pyridine rings is 1. The lowest BCUT2D eigenvalue weighted by Gasteiger charge is -2.51. The Morgan fingerprint density at radius 1 is 1.15 bits per heavy atom. The standard InChI is InChI=1S/C22H24N4O/c1-14-5-6-17(12-23)22(24-14)26-13-19(16-3-2-4-18(27)11-16)21-20(26)15-7-9-25(21)10-8-15/h2-6,11,15,19-21,27H,7-10,13H2,1H3/t19-,20+,21+/m0/s1. The smallest absolute Gasteiger partial charge is 0.147 e. The van der Waals surface area contributed by atoms with E-state index in [0.717, 1.165) is 31.1 Å². The number of hydrogen-bond acceptors (Lipinski definition) is 5. The van der Waals surface area contributed by atoms with Crippen LogP contribution in [0, 0.1) is 24.2 Å². The van der Waals surface area contributed by atoms with E-state index >= 15 is 0 Å². The lowest BCUT2D eigenvalue weighted by molar-refractivity contribution is 0.0354. The predicted molar refractivity (Wildman–Crippen MR) is 104 cm³/mol. The number of phenols is 1. The van der Waals surface area contributed by atoms with E-state index in [2.05, 4.69) is 21.9 Å². The van der Waals surface area contributed by atoms with Crippen LogP contribution in [-0.2, 0) is 0 Å². The van der Waals surface area contributed by atoms with E-state index in [0.29, 0.717) is 35.2 Å². The van der Waals surface area contributed by atoms with Gasteiger partial charge in [-0.25, -0.2) is 4.98 Å². The summed E-state index contributed by atoms with van der Waals surface area (Å²) in [5.74, 6) is 2.13. The third-order valence-electron chi connectivity index (χ3n) is 6.70. The average molecular weight is 360 g/mol. The summed E-state index contributed by atoms with van der Waals surface area (Å²) >= 11 is 0. The fraction of sp³-hybridized carbons (Fsp3) is 0.455. The highest BCUT2D eigenvalue weighted by molar-refractivity contribution is 5.58. The Morgan fingerprint density at radius 3 is 2.70 bits per heavy atom. The fourth-order valence-electron chi connectivity index (χ4n) is 5.56. The van der Waals surface area contributed by atoms with Gasteiger partial charge in [-0.3, -0.25) is 4.90 Å². The highest BCUT2D eigenvalue weighted by Crippen LogP contribution is 2.48. The van der Waals surface area contributed by atoms with E-state index in [1.165, 1.54) is 18.4 Å². The van der Waals surface area contributed by atoms with Gasteiger partial charge in [-0.1, -0.05) is 12.1 Å².